The number of H-pyrrole nitrogens is 1. The summed E-state index contributed by atoms with van der Waals surface area (Å²) < 4.78 is 23.7. The Morgan fingerprint density at radius 3 is 2.53 bits per heavy atom. The summed E-state index contributed by atoms with van der Waals surface area (Å²) in [6.45, 7) is 9.22. The Hall–Kier alpha value is -4.65. The fraction of sp³-hybridized carbons (Fsp3) is 0.533. The smallest absolute Gasteiger partial charge is 0.344 e. The highest BCUT2D eigenvalue weighted by Gasteiger charge is 2.80. The second-order valence-electron chi connectivity index (χ2n) is 17.1. The van der Waals surface area contributed by atoms with Crippen LogP contribution in [0.25, 0.3) is 10.9 Å². The van der Waals surface area contributed by atoms with Gasteiger partial charge in [-0.2, -0.15) is 0 Å². The van der Waals surface area contributed by atoms with Crippen LogP contribution in [-0.4, -0.2) is 116 Å². The third-order valence-corrected chi connectivity index (χ3v) is 14.7. The number of methoxy groups -OCH3 is 3. The summed E-state index contributed by atoms with van der Waals surface area (Å²) in [6, 6.07) is 11.4. The van der Waals surface area contributed by atoms with Crippen molar-refractivity contribution >= 4 is 34.5 Å². The number of carbonyl (C=O) groups is 3. The quantitative estimate of drug-likeness (QED) is 0.192. The highest BCUT2D eigenvalue weighted by Crippen LogP contribution is 2.68. The molecular weight excluding hydrogens is 725 g/mol. The third kappa shape index (κ3) is 4.99. The van der Waals surface area contributed by atoms with E-state index in [0.717, 1.165) is 58.5 Å². The number of aliphatic hydroxyl groups is 1. The van der Waals surface area contributed by atoms with Gasteiger partial charge in [0.1, 0.15) is 11.7 Å². The largest absolute Gasteiger partial charge is 0.496 e. The van der Waals surface area contributed by atoms with Crippen LogP contribution in [0, 0.1) is 11.3 Å². The van der Waals surface area contributed by atoms with E-state index < -0.39 is 52.4 Å². The lowest BCUT2D eigenvalue weighted by atomic mass is 9.47. The predicted molar refractivity (Wildman–Crippen MR) is 214 cm³/mol. The molecule has 6 heterocycles. The zero-order chi connectivity index (χ0) is 40.2. The number of esters is 3. The summed E-state index contributed by atoms with van der Waals surface area (Å²) in [4.78, 5) is 52.4. The number of fused-ring (bicyclic) bond motifs is 6. The average Bonchev–Trinajstić information content (AvgIpc) is 3.86. The molecule has 2 N–H and O–H groups in total. The Balaban J connectivity index is 1.34. The predicted octanol–water partition coefficient (Wildman–Crippen LogP) is 4.94. The molecule has 12 heteroatoms. The molecule has 2 bridgehead atoms. The molecule has 302 valence electrons. The standard InChI is InChI=1S/C45H54N4O8/c1-8-26-19-27-23-48(22-26)24-30-28-13-10-11-14-32(28)46-37(30)36(38(51)55-6)35(27)29-20-31-33(21-34(29)54-5)47(4)40-44(31)16-18-49-17-12-15-43(9-2,39(44)49)41(57-25(3)50)45(40,53)42(52)56-7/h10-15,19-21,27,35-36,39-41,46,53H,8-9,16-18,22-24H2,1-7H3/t27-,35-,36-,39+,40-,41-,43+,44-,45+/m1/s1. The number of aromatic nitrogens is 1. The number of benzene rings is 2. The van der Waals surface area contributed by atoms with E-state index in [0.29, 0.717) is 38.2 Å². The molecule has 1 aromatic heterocycles. The van der Waals surface area contributed by atoms with Crippen molar-refractivity contribution in [1.82, 2.24) is 14.8 Å². The minimum Gasteiger partial charge on any atom is -0.496 e. The molecule has 12 nitrogen and oxygen atoms in total. The van der Waals surface area contributed by atoms with E-state index >= 15 is 0 Å². The monoisotopic (exact) mass is 778 g/mol. The van der Waals surface area contributed by atoms with Gasteiger partial charge >= 0.3 is 17.9 Å². The molecule has 0 radical (unpaired) electrons. The van der Waals surface area contributed by atoms with Gasteiger partial charge in [0.15, 0.2) is 6.10 Å². The van der Waals surface area contributed by atoms with Crippen LogP contribution in [0.3, 0.4) is 0 Å². The average molecular weight is 779 g/mol. The number of nitrogens with one attached hydrogen (secondary N) is 1. The third-order valence-electron chi connectivity index (χ3n) is 14.7. The lowest BCUT2D eigenvalue weighted by Crippen LogP contribution is -2.81. The normalized spacial score (nSPS) is 34.9. The maximum absolute atomic E-state index is 14.5. The van der Waals surface area contributed by atoms with Crippen LogP contribution in [0.4, 0.5) is 5.69 Å². The molecule has 9 rings (SSSR count). The first-order chi connectivity index (χ1) is 27.4. The Morgan fingerprint density at radius 2 is 1.82 bits per heavy atom. The van der Waals surface area contributed by atoms with Crippen LogP contribution in [0.2, 0.25) is 0 Å². The molecule has 1 spiro atoms. The van der Waals surface area contributed by atoms with E-state index in [1.807, 2.05) is 37.1 Å². The van der Waals surface area contributed by atoms with Crippen molar-refractivity contribution in [2.24, 2.45) is 11.3 Å². The van der Waals surface area contributed by atoms with Crippen LogP contribution in [0.5, 0.6) is 5.75 Å². The number of anilines is 1. The first kappa shape index (κ1) is 37.9. The lowest BCUT2D eigenvalue weighted by molar-refractivity contribution is -0.228. The second-order valence-corrected chi connectivity index (χ2v) is 17.1. The number of hydrogen-bond donors (Lipinski definition) is 2. The van der Waals surface area contributed by atoms with Gasteiger partial charge in [-0.3, -0.25) is 19.4 Å². The Labute approximate surface area is 333 Å². The molecule has 1 saturated carbocycles. The second kappa shape index (κ2) is 13.5. The van der Waals surface area contributed by atoms with Gasteiger partial charge in [0.05, 0.1) is 27.4 Å². The fourth-order valence-electron chi connectivity index (χ4n) is 12.8. The lowest BCUT2D eigenvalue weighted by Gasteiger charge is -2.63. The Bertz CT molecular complexity index is 2230. The Morgan fingerprint density at radius 1 is 1.04 bits per heavy atom. The molecule has 1 unspecified atom stereocenters. The molecule has 57 heavy (non-hydrogen) atoms. The van der Waals surface area contributed by atoms with Crippen LogP contribution < -0.4 is 9.64 Å². The van der Waals surface area contributed by atoms with Crippen molar-refractivity contribution in [1.29, 1.82) is 0 Å². The zero-order valence-electron chi connectivity index (χ0n) is 34.0. The van der Waals surface area contributed by atoms with Gasteiger partial charge in [-0.15, -0.1) is 0 Å². The summed E-state index contributed by atoms with van der Waals surface area (Å²) in [6.07, 6.45) is 7.32. The van der Waals surface area contributed by atoms with Gasteiger partial charge in [-0.1, -0.05) is 55.8 Å². The van der Waals surface area contributed by atoms with Gasteiger partial charge in [-0.05, 0) is 60.5 Å². The highest BCUT2D eigenvalue weighted by atomic mass is 16.6. The topological polar surface area (TPSA) is 134 Å². The number of ether oxygens (including phenoxy) is 4. The van der Waals surface area contributed by atoms with Gasteiger partial charge in [0.25, 0.3) is 0 Å². The number of aromatic amines is 1. The summed E-state index contributed by atoms with van der Waals surface area (Å²) in [5, 5.41) is 14.4. The number of likely N-dealkylation sites (N-methyl/N-ethyl adjacent to an activating group) is 1. The van der Waals surface area contributed by atoms with Crippen molar-refractivity contribution in [2.45, 2.75) is 87.6 Å². The van der Waals surface area contributed by atoms with Crippen LogP contribution in [-0.2, 0) is 40.6 Å². The zero-order valence-corrected chi connectivity index (χ0v) is 34.0. The summed E-state index contributed by atoms with van der Waals surface area (Å²) in [5.41, 5.74) is 2.91. The minimum atomic E-state index is -2.25. The van der Waals surface area contributed by atoms with Crippen molar-refractivity contribution in [3.8, 4) is 5.75 Å². The van der Waals surface area contributed by atoms with Gasteiger partial charge in [-0.25, -0.2) is 4.79 Å². The van der Waals surface area contributed by atoms with E-state index in [1.54, 1.807) is 7.11 Å². The molecule has 2 fully saturated rings. The molecule has 5 aliphatic heterocycles. The fourth-order valence-corrected chi connectivity index (χ4v) is 12.8. The van der Waals surface area contributed by atoms with E-state index in [2.05, 4.69) is 58.1 Å². The van der Waals surface area contributed by atoms with Crippen LogP contribution in [0.1, 0.15) is 74.3 Å². The molecule has 2 aromatic carbocycles. The van der Waals surface area contributed by atoms with Gasteiger partial charge in [0, 0.05) is 91.3 Å². The highest BCUT2D eigenvalue weighted by molar-refractivity contribution is 5.90. The molecule has 6 aliphatic rings. The maximum Gasteiger partial charge on any atom is 0.344 e. The van der Waals surface area contributed by atoms with Crippen molar-refractivity contribution in [3.63, 3.8) is 0 Å². The van der Waals surface area contributed by atoms with Crippen molar-refractivity contribution < 1.29 is 38.4 Å². The molecule has 1 aliphatic carbocycles. The van der Waals surface area contributed by atoms with Gasteiger partial charge in [0.2, 0.25) is 5.60 Å². The Kier molecular flexibility index (Phi) is 8.95. The van der Waals surface area contributed by atoms with E-state index in [9.17, 15) is 19.5 Å². The van der Waals surface area contributed by atoms with Crippen LogP contribution >= 0.6 is 0 Å². The molecule has 0 amide bonds. The van der Waals surface area contributed by atoms with Crippen molar-refractivity contribution in [3.05, 3.63) is 82.6 Å². The van der Waals surface area contributed by atoms with E-state index in [-0.39, 0.29) is 17.9 Å². The minimum absolute atomic E-state index is 0.0733. The summed E-state index contributed by atoms with van der Waals surface area (Å²) >= 11 is 0. The number of carbonyl (C=O) groups excluding carboxylic acids is 3. The maximum atomic E-state index is 14.5. The van der Waals surface area contributed by atoms with E-state index in [4.69, 9.17) is 18.9 Å². The number of rotatable bonds is 7. The SMILES string of the molecule is CCC1=C[C@@H]2CN(C1)Cc1c([nH]c3ccccc13)[C@H](C(=O)OC)[C@H]2c1cc2c(cc1OC)N(C)[C@H]1[C@@](O)(C(=O)OC)[C@H](OC(C)=O)[C@@]3(CC)C=CCN4CC[C@]21[C@@H]43. The molecule has 1 saturated heterocycles. The first-order valence-corrected chi connectivity index (χ1v) is 20.4. The summed E-state index contributed by atoms with van der Waals surface area (Å²) in [7, 11) is 6.29. The molecule has 3 aromatic rings. The molecular formula is C45H54N4O8. The van der Waals surface area contributed by atoms with E-state index in [1.165, 1.54) is 26.7 Å². The molecule has 10 atom stereocenters. The van der Waals surface area contributed by atoms with Gasteiger partial charge < -0.3 is 33.9 Å². The van der Waals surface area contributed by atoms with Crippen molar-refractivity contribution in [2.75, 3.05) is 59.5 Å². The first-order valence-electron chi connectivity index (χ1n) is 20.4. The number of hydrogen-bond acceptors (Lipinski definition) is 11. The number of para-hydroxylation sites is 1. The van der Waals surface area contributed by atoms with Crippen LogP contribution in [0.15, 0.2) is 60.2 Å². The summed E-state index contributed by atoms with van der Waals surface area (Å²) in [5.74, 6) is -2.33. The number of nitrogens with zero attached hydrogens (tertiary/aromatic N) is 3.